The van der Waals surface area contributed by atoms with Gasteiger partial charge in [0.15, 0.2) is 11.8 Å². The number of rotatable bonds is 8. The summed E-state index contributed by atoms with van der Waals surface area (Å²) in [6.45, 7) is 0.146. The second-order valence-corrected chi connectivity index (χ2v) is 6.61. The predicted molar refractivity (Wildman–Crippen MR) is 95.9 cm³/mol. The fraction of sp³-hybridized carbons (Fsp3) is 0.571. The number of aliphatic imine (C=N–C) groups is 1. The molecule has 25 heavy (non-hydrogen) atoms. The lowest BCUT2D eigenvalue weighted by Crippen LogP contribution is -2.39. The second-order valence-electron chi connectivity index (χ2n) is 5.77. The number of nitrogens with one attached hydrogen (secondary N) is 2. The zero-order valence-corrected chi connectivity index (χ0v) is 14.5. The van der Waals surface area contributed by atoms with Crippen LogP contribution in [-0.2, 0) is 0 Å². The smallest absolute Gasteiger partial charge is 0.274 e. The van der Waals surface area contributed by atoms with E-state index in [0.717, 1.165) is 37.6 Å². The number of hydrogen-bond donors (Lipinski definition) is 5. The molecule has 0 spiro atoms. The first-order valence-electron chi connectivity index (χ1n) is 7.99. The lowest BCUT2D eigenvalue weighted by atomic mass is 9.84. The molecule has 0 saturated heterocycles. The Morgan fingerprint density at radius 2 is 2.36 bits per heavy atom. The molecular formula is C14H23N7O3S. The minimum Gasteiger partial charge on any atom is -0.395 e. The number of nitrogens with zero attached hydrogens (tertiary/aromatic N) is 3. The number of aliphatic hydroxyl groups is 1. The number of thiazole rings is 1. The minimum absolute atomic E-state index is 0.0198. The average Bonchev–Trinajstić information content (AvgIpc) is 3.00. The van der Waals surface area contributed by atoms with E-state index in [1.165, 1.54) is 11.3 Å². The highest BCUT2D eigenvalue weighted by Crippen LogP contribution is 2.35. The number of nitro groups is 1. The zero-order chi connectivity index (χ0) is 18.2. The van der Waals surface area contributed by atoms with Gasteiger partial charge in [-0.2, -0.15) is 4.99 Å². The summed E-state index contributed by atoms with van der Waals surface area (Å²) in [7, 11) is 0. The van der Waals surface area contributed by atoms with Crippen molar-refractivity contribution >= 4 is 22.4 Å². The predicted octanol–water partition coefficient (Wildman–Crippen LogP) is 0.321. The van der Waals surface area contributed by atoms with Crippen LogP contribution in [0.3, 0.4) is 0 Å². The Balaban J connectivity index is 2.00. The van der Waals surface area contributed by atoms with E-state index in [-0.39, 0.29) is 31.1 Å². The minimum atomic E-state index is -0.519. The van der Waals surface area contributed by atoms with Gasteiger partial charge in [-0.1, -0.05) is 6.42 Å². The second kappa shape index (κ2) is 9.18. The first kappa shape index (κ1) is 18.9. The van der Waals surface area contributed by atoms with Crippen LogP contribution in [0, 0.1) is 10.1 Å². The van der Waals surface area contributed by atoms with Crippen molar-refractivity contribution in [3.63, 3.8) is 0 Å². The van der Waals surface area contributed by atoms with Gasteiger partial charge in [-0.05, 0) is 19.3 Å². The standard InChI is InChI=1S/C14H23N7O3S/c15-13(16)20-14-19-11(8-25-14)9-2-1-3-10(6-9)18-12(7-21(23)24)17-4-5-22/h7-10,17-18,22H,1-6H2,(H4,15,16,19,20)/b12-7+. The summed E-state index contributed by atoms with van der Waals surface area (Å²) in [6, 6.07) is 0.0874. The van der Waals surface area contributed by atoms with E-state index >= 15 is 0 Å². The van der Waals surface area contributed by atoms with E-state index < -0.39 is 4.92 Å². The third-order valence-electron chi connectivity index (χ3n) is 3.85. The van der Waals surface area contributed by atoms with E-state index in [4.69, 9.17) is 16.6 Å². The Morgan fingerprint density at radius 3 is 3.04 bits per heavy atom. The van der Waals surface area contributed by atoms with Crippen molar-refractivity contribution in [3.05, 3.63) is 33.2 Å². The fourth-order valence-corrected chi connectivity index (χ4v) is 3.65. The van der Waals surface area contributed by atoms with Crippen LogP contribution < -0.4 is 22.1 Å². The summed E-state index contributed by atoms with van der Waals surface area (Å²) in [5, 5.41) is 28.1. The van der Waals surface area contributed by atoms with Crippen LogP contribution >= 0.6 is 11.3 Å². The third-order valence-corrected chi connectivity index (χ3v) is 4.60. The van der Waals surface area contributed by atoms with Crippen molar-refractivity contribution in [2.45, 2.75) is 37.6 Å². The third kappa shape index (κ3) is 6.19. The molecular weight excluding hydrogens is 346 g/mol. The van der Waals surface area contributed by atoms with Crippen LogP contribution in [0.15, 0.2) is 22.4 Å². The topological polar surface area (TPSA) is 165 Å². The highest BCUT2D eigenvalue weighted by molar-refractivity contribution is 7.13. The van der Waals surface area contributed by atoms with Gasteiger partial charge in [0.2, 0.25) is 5.13 Å². The van der Waals surface area contributed by atoms with E-state index in [0.29, 0.717) is 11.0 Å². The van der Waals surface area contributed by atoms with E-state index in [9.17, 15) is 10.1 Å². The quantitative estimate of drug-likeness (QED) is 0.189. The molecule has 10 nitrogen and oxygen atoms in total. The number of guanidine groups is 1. The van der Waals surface area contributed by atoms with Gasteiger partial charge in [-0.15, -0.1) is 11.3 Å². The van der Waals surface area contributed by atoms with Crippen LogP contribution in [0.4, 0.5) is 5.13 Å². The van der Waals surface area contributed by atoms with Gasteiger partial charge >= 0.3 is 0 Å². The maximum Gasteiger partial charge on any atom is 0.274 e. The highest BCUT2D eigenvalue weighted by Gasteiger charge is 2.26. The lowest BCUT2D eigenvalue weighted by Gasteiger charge is -2.30. The summed E-state index contributed by atoms with van der Waals surface area (Å²) < 4.78 is 0. The van der Waals surface area contributed by atoms with Gasteiger partial charge in [0.25, 0.3) is 6.20 Å². The van der Waals surface area contributed by atoms with Crippen molar-refractivity contribution in [2.75, 3.05) is 13.2 Å². The van der Waals surface area contributed by atoms with Gasteiger partial charge in [-0.25, -0.2) is 4.98 Å². The van der Waals surface area contributed by atoms with Crippen LogP contribution in [0.1, 0.15) is 37.3 Å². The largest absolute Gasteiger partial charge is 0.395 e. The Morgan fingerprint density at radius 1 is 1.56 bits per heavy atom. The van der Waals surface area contributed by atoms with Crippen molar-refractivity contribution in [2.24, 2.45) is 16.5 Å². The molecule has 0 aliphatic heterocycles. The lowest BCUT2D eigenvalue weighted by molar-refractivity contribution is -0.404. The van der Waals surface area contributed by atoms with E-state index in [1.807, 2.05) is 5.38 Å². The van der Waals surface area contributed by atoms with Gasteiger partial charge in [0.1, 0.15) is 0 Å². The summed E-state index contributed by atoms with van der Waals surface area (Å²) in [4.78, 5) is 18.6. The molecule has 0 radical (unpaired) electrons. The SMILES string of the molecule is NC(N)=Nc1nc(C2CCCC(N/C(=C/[N+](=O)[O-])NCCO)C2)cs1. The molecule has 2 unspecified atom stereocenters. The number of hydrogen-bond acceptors (Lipinski definition) is 8. The molecule has 1 saturated carbocycles. The molecule has 1 heterocycles. The molecule has 1 aromatic heterocycles. The Bertz CT molecular complexity index is 642. The Hall–Kier alpha value is -2.40. The van der Waals surface area contributed by atoms with Crippen LogP contribution in [0.5, 0.6) is 0 Å². The molecule has 138 valence electrons. The molecule has 0 aromatic carbocycles. The Kier molecular flexibility index (Phi) is 6.95. The van der Waals surface area contributed by atoms with Crippen LogP contribution in [0.25, 0.3) is 0 Å². The molecule has 2 rings (SSSR count). The van der Waals surface area contributed by atoms with Crippen molar-refractivity contribution in [3.8, 4) is 0 Å². The fourth-order valence-electron chi connectivity index (χ4n) is 2.86. The number of aliphatic hydroxyl groups excluding tert-OH is 1. The Labute approximate surface area is 149 Å². The maximum absolute atomic E-state index is 10.7. The number of nitrogens with two attached hydrogens (primary N) is 2. The molecule has 7 N–H and O–H groups in total. The molecule has 0 amide bonds. The monoisotopic (exact) mass is 369 g/mol. The zero-order valence-electron chi connectivity index (χ0n) is 13.7. The van der Waals surface area contributed by atoms with Crippen LogP contribution in [-0.4, -0.2) is 40.2 Å². The molecule has 1 aliphatic rings. The summed E-state index contributed by atoms with van der Waals surface area (Å²) in [5.41, 5.74) is 11.7. The molecule has 0 bridgehead atoms. The van der Waals surface area contributed by atoms with Crippen LogP contribution in [0.2, 0.25) is 0 Å². The molecule has 2 atom stereocenters. The molecule has 1 fully saturated rings. The van der Waals surface area contributed by atoms with Gasteiger partial charge in [-0.3, -0.25) is 10.1 Å². The normalized spacial score (nSPS) is 20.8. The van der Waals surface area contributed by atoms with Crippen molar-refractivity contribution in [1.29, 1.82) is 0 Å². The molecule has 11 heteroatoms. The van der Waals surface area contributed by atoms with E-state index in [1.54, 1.807) is 0 Å². The number of aromatic nitrogens is 1. The summed E-state index contributed by atoms with van der Waals surface area (Å²) >= 11 is 1.39. The summed E-state index contributed by atoms with van der Waals surface area (Å²) in [5.74, 6) is 0.540. The maximum atomic E-state index is 10.7. The highest BCUT2D eigenvalue weighted by atomic mass is 32.1. The molecule has 1 aliphatic carbocycles. The van der Waals surface area contributed by atoms with Gasteiger partial charge < -0.3 is 27.2 Å². The van der Waals surface area contributed by atoms with Crippen molar-refractivity contribution < 1.29 is 10.0 Å². The van der Waals surface area contributed by atoms with E-state index in [2.05, 4.69) is 20.6 Å². The van der Waals surface area contributed by atoms with Gasteiger partial charge in [0, 0.05) is 23.9 Å². The molecule has 1 aromatic rings. The van der Waals surface area contributed by atoms with Crippen molar-refractivity contribution in [1.82, 2.24) is 15.6 Å². The van der Waals surface area contributed by atoms with Gasteiger partial charge in [0.05, 0.1) is 17.2 Å². The average molecular weight is 369 g/mol. The summed E-state index contributed by atoms with van der Waals surface area (Å²) in [6.07, 6.45) is 4.60. The first-order valence-corrected chi connectivity index (χ1v) is 8.87. The first-order chi connectivity index (χ1) is 12.0.